The molecule has 0 saturated carbocycles. The minimum Gasteiger partial charge on any atom is -0.375 e. The Morgan fingerprint density at radius 2 is 2.38 bits per heavy atom. The number of pyridine rings is 1. The fourth-order valence-electron chi connectivity index (χ4n) is 2.24. The van der Waals surface area contributed by atoms with Crippen LogP contribution >= 0.6 is 0 Å². The van der Waals surface area contributed by atoms with E-state index in [1.54, 1.807) is 0 Å². The number of guanidine groups is 1. The molecule has 1 aromatic rings. The van der Waals surface area contributed by atoms with Crippen molar-refractivity contribution in [3.63, 3.8) is 0 Å². The van der Waals surface area contributed by atoms with Gasteiger partial charge >= 0.3 is 0 Å². The Morgan fingerprint density at radius 1 is 1.57 bits per heavy atom. The molecule has 21 heavy (non-hydrogen) atoms. The summed E-state index contributed by atoms with van der Waals surface area (Å²) in [5.41, 5.74) is 6.83. The van der Waals surface area contributed by atoms with E-state index in [-0.39, 0.29) is 12.1 Å². The molecular formula is C15H25N5O. The van der Waals surface area contributed by atoms with Gasteiger partial charge in [-0.25, -0.2) is 9.98 Å². The standard InChI is InChI=1S/C15H25N5O/c1-11(2)19-15(16)18-9-13-4-5-14(17-8-13)20-6-7-21-12(3)10-20/h4-5,8,11-12H,6-7,9-10H2,1-3H3,(H3,16,18,19). The lowest BCUT2D eigenvalue weighted by Crippen LogP contribution is -2.41. The van der Waals surface area contributed by atoms with Crippen LogP contribution in [0, 0.1) is 0 Å². The minimum absolute atomic E-state index is 0.256. The molecule has 1 aromatic heterocycles. The van der Waals surface area contributed by atoms with Gasteiger partial charge in [0, 0.05) is 25.3 Å². The summed E-state index contributed by atoms with van der Waals surface area (Å²) in [6.45, 7) is 9.21. The molecule has 0 radical (unpaired) electrons. The third-order valence-electron chi connectivity index (χ3n) is 3.24. The Balaban J connectivity index is 1.92. The summed E-state index contributed by atoms with van der Waals surface area (Å²) < 4.78 is 5.54. The van der Waals surface area contributed by atoms with Gasteiger partial charge < -0.3 is 20.7 Å². The summed E-state index contributed by atoms with van der Waals surface area (Å²) in [4.78, 5) is 11.1. The number of ether oxygens (including phenoxy) is 1. The lowest BCUT2D eigenvalue weighted by Gasteiger charge is -2.32. The quantitative estimate of drug-likeness (QED) is 0.642. The molecule has 0 aliphatic carbocycles. The molecule has 0 aromatic carbocycles. The average molecular weight is 291 g/mol. The summed E-state index contributed by atoms with van der Waals surface area (Å²) in [6.07, 6.45) is 2.12. The highest BCUT2D eigenvalue weighted by Gasteiger charge is 2.17. The average Bonchev–Trinajstić information content (AvgIpc) is 2.45. The van der Waals surface area contributed by atoms with Crippen LogP contribution in [0.3, 0.4) is 0 Å². The summed E-state index contributed by atoms with van der Waals surface area (Å²) in [5, 5.41) is 3.07. The number of anilines is 1. The van der Waals surface area contributed by atoms with Crippen LogP contribution in [0.15, 0.2) is 23.3 Å². The van der Waals surface area contributed by atoms with E-state index in [4.69, 9.17) is 10.5 Å². The van der Waals surface area contributed by atoms with Crippen LogP contribution in [0.1, 0.15) is 26.3 Å². The molecule has 0 spiro atoms. The molecule has 1 fully saturated rings. The second-order valence-corrected chi connectivity index (χ2v) is 5.65. The molecule has 1 aliphatic rings. The Kier molecular flexibility index (Phi) is 5.38. The largest absolute Gasteiger partial charge is 0.375 e. The molecular weight excluding hydrogens is 266 g/mol. The molecule has 2 rings (SSSR count). The van der Waals surface area contributed by atoms with Crippen LogP contribution in [0.5, 0.6) is 0 Å². The molecule has 0 bridgehead atoms. The van der Waals surface area contributed by atoms with Crippen LogP contribution in [0.4, 0.5) is 5.82 Å². The summed E-state index contributed by atoms with van der Waals surface area (Å²) in [7, 11) is 0. The first kappa shape index (κ1) is 15.6. The predicted molar refractivity (Wildman–Crippen MR) is 85.5 cm³/mol. The van der Waals surface area contributed by atoms with Gasteiger partial charge in [0.1, 0.15) is 5.82 Å². The SMILES string of the molecule is CC(C)NC(N)=NCc1ccc(N2CCOC(C)C2)nc1. The van der Waals surface area contributed by atoms with Crippen molar-refractivity contribution in [3.05, 3.63) is 23.9 Å². The molecule has 2 heterocycles. The van der Waals surface area contributed by atoms with Crippen LogP contribution in [0.2, 0.25) is 0 Å². The van der Waals surface area contributed by atoms with Gasteiger partial charge in [-0.15, -0.1) is 0 Å². The molecule has 1 saturated heterocycles. The number of nitrogens with two attached hydrogens (primary N) is 1. The number of aliphatic imine (C=N–C) groups is 1. The molecule has 6 nitrogen and oxygen atoms in total. The molecule has 1 unspecified atom stereocenters. The van der Waals surface area contributed by atoms with Gasteiger partial charge in [0.2, 0.25) is 0 Å². The van der Waals surface area contributed by atoms with Gasteiger partial charge in [-0.2, -0.15) is 0 Å². The van der Waals surface area contributed by atoms with E-state index in [2.05, 4.69) is 33.2 Å². The van der Waals surface area contributed by atoms with E-state index in [0.29, 0.717) is 12.5 Å². The number of rotatable bonds is 4. The van der Waals surface area contributed by atoms with E-state index < -0.39 is 0 Å². The number of hydrogen-bond donors (Lipinski definition) is 2. The maximum Gasteiger partial charge on any atom is 0.189 e. The predicted octanol–water partition coefficient (Wildman–Crippen LogP) is 1.12. The Morgan fingerprint density at radius 3 is 3.00 bits per heavy atom. The molecule has 3 N–H and O–H groups in total. The van der Waals surface area contributed by atoms with E-state index in [1.807, 2.05) is 26.1 Å². The van der Waals surface area contributed by atoms with Gasteiger partial charge in [-0.05, 0) is 32.4 Å². The van der Waals surface area contributed by atoms with Crippen molar-refractivity contribution in [2.75, 3.05) is 24.6 Å². The molecule has 116 valence electrons. The zero-order valence-corrected chi connectivity index (χ0v) is 13.0. The first-order chi connectivity index (χ1) is 10.0. The summed E-state index contributed by atoms with van der Waals surface area (Å²) in [5.74, 6) is 1.46. The third kappa shape index (κ3) is 4.90. The van der Waals surface area contributed by atoms with Crippen molar-refractivity contribution >= 4 is 11.8 Å². The highest BCUT2D eigenvalue weighted by Crippen LogP contribution is 2.15. The third-order valence-corrected chi connectivity index (χ3v) is 3.24. The van der Waals surface area contributed by atoms with E-state index >= 15 is 0 Å². The van der Waals surface area contributed by atoms with Crippen molar-refractivity contribution in [1.29, 1.82) is 0 Å². The maximum atomic E-state index is 5.78. The minimum atomic E-state index is 0.256. The van der Waals surface area contributed by atoms with Gasteiger partial charge in [0.15, 0.2) is 5.96 Å². The van der Waals surface area contributed by atoms with E-state index in [1.165, 1.54) is 0 Å². The fraction of sp³-hybridized carbons (Fsp3) is 0.600. The van der Waals surface area contributed by atoms with Gasteiger partial charge in [-0.3, -0.25) is 0 Å². The van der Waals surface area contributed by atoms with Crippen molar-refractivity contribution in [1.82, 2.24) is 10.3 Å². The Hall–Kier alpha value is -1.82. The molecule has 1 atom stereocenters. The highest BCUT2D eigenvalue weighted by atomic mass is 16.5. The van der Waals surface area contributed by atoms with Crippen molar-refractivity contribution in [2.24, 2.45) is 10.7 Å². The molecule has 6 heteroatoms. The zero-order chi connectivity index (χ0) is 15.2. The lowest BCUT2D eigenvalue weighted by molar-refractivity contribution is 0.0529. The number of morpholine rings is 1. The second kappa shape index (κ2) is 7.26. The van der Waals surface area contributed by atoms with E-state index in [9.17, 15) is 0 Å². The topological polar surface area (TPSA) is 75.8 Å². The van der Waals surface area contributed by atoms with Crippen LogP contribution in [0.25, 0.3) is 0 Å². The number of nitrogens with one attached hydrogen (secondary N) is 1. The number of aromatic nitrogens is 1. The first-order valence-electron chi connectivity index (χ1n) is 7.42. The normalized spacial score (nSPS) is 19.9. The summed E-state index contributed by atoms with van der Waals surface area (Å²) >= 11 is 0. The van der Waals surface area contributed by atoms with E-state index in [0.717, 1.165) is 31.1 Å². The van der Waals surface area contributed by atoms with Gasteiger partial charge in [-0.1, -0.05) is 6.07 Å². The summed E-state index contributed by atoms with van der Waals surface area (Å²) in [6, 6.07) is 4.38. The Bertz CT molecular complexity index is 471. The van der Waals surface area contributed by atoms with Crippen LogP contribution in [-0.4, -0.2) is 42.8 Å². The number of nitrogens with zero attached hydrogens (tertiary/aromatic N) is 3. The Labute approximate surface area is 126 Å². The lowest BCUT2D eigenvalue weighted by atomic mass is 10.2. The van der Waals surface area contributed by atoms with Crippen molar-refractivity contribution in [2.45, 2.75) is 39.5 Å². The highest BCUT2D eigenvalue weighted by molar-refractivity contribution is 5.78. The number of hydrogen-bond acceptors (Lipinski definition) is 4. The van der Waals surface area contributed by atoms with Crippen molar-refractivity contribution in [3.8, 4) is 0 Å². The van der Waals surface area contributed by atoms with Gasteiger partial charge in [0.05, 0.1) is 19.3 Å². The van der Waals surface area contributed by atoms with Crippen LogP contribution in [-0.2, 0) is 11.3 Å². The molecule has 0 amide bonds. The zero-order valence-electron chi connectivity index (χ0n) is 13.0. The van der Waals surface area contributed by atoms with Crippen molar-refractivity contribution < 1.29 is 4.74 Å². The van der Waals surface area contributed by atoms with Crippen LogP contribution < -0.4 is 16.0 Å². The molecule has 1 aliphatic heterocycles. The smallest absolute Gasteiger partial charge is 0.189 e. The monoisotopic (exact) mass is 291 g/mol. The first-order valence-corrected chi connectivity index (χ1v) is 7.42. The van der Waals surface area contributed by atoms with Gasteiger partial charge in [0.25, 0.3) is 0 Å². The maximum absolute atomic E-state index is 5.78. The fourth-order valence-corrected chi connectivity index (χ4v) is 2.24. The second-order valence-electron chi connectivity index (χ2n) is 5.65.